The van der Waals surface area contributed by atoms with Crippen LogP contribution in [-0.2, 0) is 19.1 Å². The van der Waals surface area contributed by atoms with E-state index >= 15 is 0 Å². The van der Waals surface area contributed by atoms with Crippen molar-refractivity contribution >= 4 is 11.9 Å². The van der Waals surface area contributed by atoms with E-state index in [2.05, 4.69) is 86.8 Å². The third-order valence-corrected chi connectivity index (χ3v) is 12.3. The lowest BCUT2D eigenvalue weighted by Gasteiger charge is -2.15. The van der Waals surface area contributed by atoms with Gasteiger partial charge in [0, 0.05) is 12.8 Å². The van der Waals surface area contributed by atoms with Crippen LogP contribution in [0.25, 0.3) is 0 Å². The Hall–Kier alpha value is -2.66. The molecule has 0 aromatic heterocycles. The van der Waals surface area contributed by atoms with Crippen LogP contribution in [0.2, 0.25) is 0 Å². The van der Waals surface area contributed by atoms with Gasteiger partial charge in [0.25, 0.3) is 0 Å². The van der Waals surface area contributed by atoms with Gasteiger partial charge in [0.15, 0.2) is 6.10 Å². The molecule has 1 unspecified atom stereocenters. The fourth-order valence-corrected chi connectivity index (χ4v) is 8.09. The van der Waals surface area contributed by atoms with Crippen LogP contribution >= 0.6 is 0 Å². The second-order valence-corrected chi connectivity index (χ2v) is 18.6. The van der Waals surface area contributed by atoms with Crippen molar-refractivity contribution < 1.29 is 24.2 Å². The summed E-state index contributed by atoms with van der Waals surface area (Å²) in [6, 6.07) is 0. The number of hydrogen-bond donors (Lipinski definition) is 1. The summed E-state index contributed by atoms with van der Waals surface area (Å²) in [6.07, 6.45) is 75.8. The summed E-state index contributed by atoms with van der Waals surface area (Å²) in [5.41, 5.74) is 0. The number of ether oxygens (including phenoxy) is 2. The van der Waals surface area contributed by atoms with Crippen molar-refractivity contribution in [2.75, 3.05) is 13.2 Å². The molecule has 0 aliphatic heterocycles. The Balaban J connectivity index is 3.50. The molecule has 0 radical (unpaired) electrons. The van der Waals surface area contributed by atoms with Crippen LogP contribution in [0.1, 0.15) is 277 Å². The highest BCUT2D eigenvalue weighted by atomic mass is 16.6. The molecular weight excluding hydrogens is 801 g/mol. The normalized spacial score (nSPS) is 12.7. The molecule has 0 saturated heterocycles. The molecule has 0 fully saturated rings. The van der Waals surface area contributed by atoms with Crippen LogP contribution in [0.5, 0.6) is 0 Å². The minimum absolute atomic E-state index is 0.0666. The van der Waals surface area contributed by atoms with Gasteiger partial charge in [-0.2, -0.15) is 0 Å². The Bertz CT molecular complexity index is 1160. The number of hydrogen-bond acceptors (Lipinski definition) is 5. The summed E-state index contributed by atoms with van der Waals surface area (Å²) in [7, 11) is 0. The average molecular weight is 908 g/mol. The minimum Gasteiger partial charge on any atom is -0.462 e. The van der Waals surface area contributed by atoms with Gasteiger partial charge in [-0.25, -0.2) is 0 Å². The van der Waals surface area contributed by atoms with Crippen molar-refractivity contribution in [3.05, 3.63) is 72.9 Å². The van der Waals surface area contributed by atoms with E-state index in [0.717, 1.165) is 77.0 Å². The van der Waals surface area contributed by atoms with E-state index in [9.17, 15) is 14.7 Å². The van der Waals surface area contributed by atoms with Crippen LogP contribution in [0.15, 0.2) is 72.9 Å². The van der Waals surface area contributed by atoms with E-state index in [-0.39, 0.29) is 25.2 Å². The molecule has 65 heavy (non-hydrogen) atoms. The van der Waals surface area contributed by atoms with Crippen LogP contribution in [0, 0.1) is 0 Å². The van der Waals surface area contributed by atoms with Gasteiger partial charge in [-0.1, -0.05) is 273 Å². The number of aliphatic hydroxyl groups excluding tert-OH is 1. The Morgan fingerprint density at radius 1 is 0.369 bits per heavy atom. The summed E-state index contributed by atoms with van der Waals surface area (Å²) >= 11 is 0. The maximum Gasteiger partial charge on any atom is 0.306 e. The lowest BCUT2D eigenvalue weighted by molar-refractivity contribution is -0.161. The van der Waals surface area contributed by atoms with Crippen molar-refractivity contribution in [1.29, 1.82) is 0 Å². The highest BCUT2D eigenvalue weighted by molar-refractivity contribution is 5.70. The van der Waals surface area contributed by atoms with Crippen molar-refractivity contribution in [2.45, 2.75) is 283 Å². The Morgan fingerprint density at radius 3 is 1.00 bits per heavy atom. The zero-order valence-electron chi connectivity index (χ0n) is 43.0. The molecule has 1 N–H and O–H groups in total. The van der Waals surface area contributed by atoms with Crippen LogP contribution < -0.4 is 0 Å². The Kier molecular flexibility index (Phi) is 53.4. The van der Waals surface area contributed by atoms with Crippen molar-refractivity contribution in [3.63, 3.8) is 0 Å². The molecule has 5 nitrogen and oxygen atoms in total. The molecule has 0 aromatic carbocycles. The quantitative estimate of drug-likeness (QED) is 0.0374. The first-order valence-corrected chi connectivity index (χ1v) is 28.0. The smallest absolute Gasteiger partial charge is 0.306 e. The minimum atomic E-state index is -0.776. The number of unbranched alkanes of at least 4 members (excludes halogenated alkanes) is 31. The number of esters is 2. The van der Waals surface area contributed by atoms with Crippen LogP contribution in [0.4, 0.5) is 0 Å². The van der Waals surface area contributed by atoms with Gasteiger partial charge in [-0.3, -0.25) is 9.59 Å². The molecule has 0 rings (SSSR count). The van der Waals surface area contributed by atoms with E-state index in [0.29, 0.717) is 12.8 Å². The molecular formula is C60H106O5. The van der Waals surface area contributed by atoms with Crippen molar-refractivity contribution in [2.24, 2.45) is 0 Å². The van der Waals surface area contributed by atoms with Gasteiger partial charge in [-0.05, 0) is 64.2 Å². The summed E-state index contributed by atoms with van der Waals surface area (Å²) in [6.45, 7) is 4.06. The van der Waals surface area contributed by atoms with E-state index in [1.807, 2.05) is 0 Å². The molecule has 0 saturated carbocycles. The number of carbonyl (C=O) groups excluding carboxylic acids is 2. The summed E-state index contributed by atoms with van der Waals surface area (Å²) in [5.74, 6) is -0.586. The highest BCUT2D eigenvalue weighted by Crippen LogP contribution is 2.17. The summed E-state index contributed by atoms with van der Waals surface area (Å²) in [5, 5.41) is 9.65. The molecule has 0 spiro atoms. The lowest BCUT2D eigenvalue weighted by atomic mass is 10.0. The SMILES string of the molecule is CC/C=C\C/C=C\C/C=C\C/C=C\C/C=C\C/C=C\CCCCCCCCCCCCC(=O)OC(CO)COC(=O)CCCCCCCCCCCCCCCCCCCCCCCC. The number of carbonyl (C=O) groups is 2. The monoisotopic (exact) mass is 907 g/mol. The van der Waals surface area contributed by atoms with Gasteiger partial charge in [0.1, 0.15) is 6.61 Å². The fourth-order valence-electron chi connectivity index (χ4n) is 8.09. The first-order chi connectivity index (χ1) is 32.1. The molecule has 0 bridgehead atoms. The molecule has 0 amide bonds. The third-order valence-electron chi connectivity index (χ3n) is 12.3. The van der Waals surface area contributed by atoms with Crippen LogP contribution in [-0.4, -0.2) is 36.4 Å². The van der Waals surface area contributed by atoms with Gasteiger partial charge in [0.2, 0.25) is 0 Å². The second kappa shape index (κ2) is 55.7. The number of allylic oxidation sites excluding steroid dienone is 12. The van der Waals surface area contributed by atoms with Gasteiger partial charge < -0.3 is 14.6 Å². The first-order valence-electron chi connectivity index (χ1n) is 28.0. The molecule has 0 aliphatic rings. The molecule has 376 valence electrons. The van der Waals surface area contributed by atoms with E-state index in [1.165, 1.54) is 173 Å². The summed E-state index contributed by atoms with van der Waals surface area (Å²) in [4.78, 5) is 24.5. The molecule has 0 heterocycles. The molecule has 0 aliphatic carbocycles. The topological polar surface area (TPSA) is 72.8 Å². The fraction of sp³-hybridized carbons (Fsp3) is 0.767. The second-order valence-electron chi connectivity index (χ2n) is 18.6. The van der Waals surface area contributed by atoms with E-state index in [4.69, 9.17) is 9.47 Å². The average Bonchev–Trinajstić information content (AvgIpc) is 3.31. The van der Waals surface area contributed by atoms with E-state index < -0.39 is 6.10 Å². The Labute approximate surface area is 403 Å². The van der Waals surface area contributed by atoms with Gasteiger partial charge in [0.05, 0.1) is 6.61 Å². The van der Waals surface area contributed by atoms with Crippen LogP contribution in [0.3, 0.4) is 0 Å². The lowest BCUT2D eigenvalue weighted by Crippen LogP contribution is -2.28. The van der Waals surface area contributed by atoms with Crippen molar-refractivity contribution in [3.8, 4) is 0 Å². The Morgan fingerprint density at radius 2 is 0.662 bits per heavy atom. The predicted octanol–water partition coefficient (Wildman–Crippen LogP) is 18.8. The predicted molar refractivity (Wildman–Crippen MR) is 283 cm³/mol. The maximum atomic E-state index is 12.3. The molecule has 0 aromatic rings. The summed E-state index contributed by atoms with van der Waals surface area (Å²) < 4.78 is 10.7. The maximum absolute atomic E-state index is 12.3. The molecule has 1 atom stereocenters. The molecule has 5 heteroatoms. The highest BCUT2D eigenvalue weighted by Gasteiger charge is 2.16. The number of rotatable bonds is 51. The zero-order chi connectivity index (χ0) is 47.0. The largest absolute Gasteiger partial charge is 0.462 e. The number of aliphatic hydroxyl groups is 1. The standard InChI is InChI=1S/C60H106O5/c1-3-5-7-9-11-13-15-17-19-21-23-25-27-28-29-30-31-32-33-35-37-39-41-43-45-47-49-51-53-55-60(63)65-58(56-61)57-64-59(62)54-52-50-48-46-44-42-40-38-36-34-26-24-22-20-18-16-14-12-10-8-6-4-2/h5,7,11,13,17,19,23,25,28-29,31-32,58,61H,3-4,6,8-10,12,14-16,18,20-22,24,26-27,30,33-57H2,1-2H3/b7-5-,13-11-,19-17-,25-23-,29-28-,32-31-. The van der Waals surface area contributed by atoms with E-state index in [1.54, 1.807) is 0 Å². The van der Waals surface area contributed by atoms with Gasteiger partial charge in [-0.15, -0.1) is 0 Å². The van der Waals surface area contributed by atoms with Crippen molar-refractivity contribution in [1.82, 2.24) is 0 Å². The zero-order valence-corrected chi connectivity index (χ0v) is 43.0. The third kappa shape index (κ3) is 53.8. The first kappa shape index (κ1) is 62.3. The van der Waals surface area contributed by atoms with Gasteiger partial charge >= 0.3 is 11.9 Å².